The Labute approximate surface area is 166 Å². The number of benzene rings is 2. The van der Waals surface area contributed by atoms with Gasteiger partial charge in [0.2, 0.25) is 0 Å². The number of ether oxygens (including phenoxy) is 2. The summed E-state index contributed by atoms with van der Waals surface area (Å²) in [7, 11) is 3.19. The molecule has 4 rings (SSSR count). The van der Waals surface area contributed by atoms with E-state index < -0.39 is 11.7 Å². The second-order valence-electron chi connectivity index (χ2n) is 7.26. The highest BCUT2D eigenvalue weighted by Crippen LogP contribution is 2.40. The second-order valence-corrected chi connectivity index (χ2v) is 7.26. The van der Waals surface area contributed by atoms with Gasteiger partial charge in [-0.25, -0.2) is 0 Å². The molecule has 1 heterocycles. The van der Waals surface area contributed by atoms with E-state index in [0.717, 1.165) is 25.0 Å². The lowest BCUT2D eigenvalue weighted by molar-refractivity contribution is -0.137. The van der Waals surface area contributed by atoms with E-state index in [1.165, 1.54) is 18.1 Å². The highest BCUT2D eigenvalue weighted by atomic mass is 19.4. The first-order valence-corrected chi connectivity index (χ1v) is 9.37. The van der Waals surface area contributed by atoms with Gasteiger partial charge in [-0.2, -0.15) is 13.2 Å². The molecule has 29 heavy (non-hydrogen) atoms. The minimum absolute atomic E-state index is 0.216. The molecule has 8 heteroatoms. The van der Waals surface area contributed by atoms with Crippen molar-refractivity contribution in [2.45, 2.75) is 25.1 Å². The van der Waals surface area contributed by atoms with Gasteiger partial charge in [-0.05, 0) is 43.2 Å². The molecular formula is C21H21F3N2O3. The van der Waals surface area contributed by atoms with Crippen LogP contribution in [-0.2, 0) is 6.18 Å². The van der Waals surface area contributed by atoms with Crippen molar-refractivity contribution in [2.75, 3.05) is 37.0 Å². The van der Waals surface area contributed by atoms with Crippen LogP contribution in [0, 0.1) is 0 Å². The zero-order valence-electron chi connectivity index (χ0n) is 16.1. The van der Waals surface area contributed by atoms with Gasteiger partial charge >= 0.3 is 6.18 Å². The largest absolute Gasteiger partial charge is 0.496 e. The van der Waals surface area contributed by atoms with Crippen molar-refractivity contribution in [1.29, 1.82) is 0 Å². The van der Waals surface area contributed by atoms with Crippen molar-refractivity contribution in [2.24, 2.45) is 0 Å². The zero-order valence-corrected chi connectivity index (χ0v) is 16.1. The quantitative estimate of drug-likeness (QED) is 0.757. The summed E-state index contributed by atoms with van der Waals surface area (Å²) in [6.07, 6.45) is -2.20. The molecule has 0 atom stereocenters. The van der Waals surface area contributed by atoms with Crippen LogP contribution in [0.15, 0.2) is 36.4 Å². The van der Waals surface area contributed by atoms with Crippen LogP contribution in [0.5, 0.6) is 11.5 Å². The predicted octanol–water partition coefficient (Wildman–Crippen LogP) is 4.35. The fraction of sp³-hybridized carbons (Fsp3) is 0.381. The van der Waals surface area contributed by atoms with Gasteiger partial charge in [-0.3, -0.25) is 4.79 Å². The Hall–Kier alpha value is -2.90. The van der Waals surface area contributed by atoms with Gasteiger partial charge in [-0.1, -0.05) is 0 Å². The number of likely N-dealkylation sites (N-methyl/N-ethyl adjacent to an activating group) is 1. The van der Waals surface area contributed by atoms with Crippen LogP contribution in [0.3, 0.4) is 0 Å². The maximum Gasteiger partial charge on any atom is 0.416 e. The van der Waals surface area contributed by atoms with Crippen LogP contribution in [0.2, 0.25) is 0 Å². The lowest BCUT2D eigenvalue weighted by atomic mass is 10.1. The number of hydrogen-bond acceptors (Lipinski definition) is 4. The van der Waals surface area contributed by atoms with E-state index >= 15 is 0 Å². The van der Waals surface area contributed by atoms with Crippen LogP contribution < -0.4 is 19.3 Å². The Morgan fingerprint density at radius 3 is 2.48 bits per heavy atom. The average molecular weight is 406 g/mol. The first-order chi connectivity index (χ1) is 13.8. The van der Waals surface area contributed by atoms with Crippen molar-refractivity contribution in [3.8, 4) is 11.5 Å². The molecule has 0 radical (unpaired) electrons. The van der Waals surface area contributed by atoms with E-state index in [9.17, 15) is 18.0 Å². The van der Waals surface area contributed by atoms with E-state index in [-0.39, 0.29) is 12.0 Å². The third-order valence-corrected chi connectivity index (χ3v) is 5.14. The monoisotopic (exact) mass is 406 g/mol. The SMILES string of the molecule is COc1cc(OC2CC2)ccc1C(=O)N1CCN(C)c2cc(C(F)(F)F)ccc21. The number of nitrogens with zero attached hydrogens (tertiary/aromatic N) is 2. The molecule has 154 valence electrons. The molecule has 2 aromatic rings. The number of carbonyl (C=O) groups excluding carboxylic acids is 1. The molecule has 0 aromatic heterocycles. The summed E-state index contributed by atoms with van der Waals surface area (Å²) in [4.78, 5) is 16.5. The van der Waals surface area contributed by atoms with Crippen LogP contribution >= 0.6 is 0 Å². The summed E-state index contributed by atoms with van der Waals surface area (Å²) in [5.74, 6) is 0.684. The van der Waals surface area contributed by atoms with Crippen LogP contribution in [0.1, 0.15) is 28.8 Å². The van der Waals surface area contributed by atoms with Crippen molar-refractivity contribution < 1.29 is 27.4 Å². The summed E-state index contributed by atoms with van der Waals surface area (Å²) in [6.45, 7) is 0.780. The molecular weight excluding hydrogens is 385 g/mol. The topological polar surface area (TPSA) is 42.0 Å². The number of rotatable bonds is 4. The Bertz CT molecular complexity index is 941. The molecule has 0 unspecified atom stereocenters. The fourth-order valence-electron chi connectivity index (χ4n) is 3.38. The summed E-state index contributed by atoms with van der Waals surface area (Å²) < 4.78 is 50.5. The molecule has 5 nitrogen and oxygen atoms in total. The molecule has 1 aliphatic carbocycles. The van der Waals surface area contributed by atoms with Crippen LogP contribution in [-0.4, -0.2) is 39.3 Å². The summed E-state index contributed by atoms with van der Waals surface area (Å²) >= 11 is 0. The van der Waals surface area contributed by atoms with E-state index in [0.29, 0.717) is 41.5 Å². The normalized spacial score (nSPS) is 16.4. The molecule has 0 bridgehead atoms. The van der Waals surface area contributed by atoms with Crippen molar-refractivity contribution in [3.05, 3.63) is 47.5 Å². The number of carbonyl (C=O) groups is 1. The van der Waals surface area contributed by atoms with Crippen LogP contribution in [0.4, 0.5) is 24.5 Å². The van der Waals surface area contributed by atoms with Gasteiger partial charge in [-0.15, -0.1) is 0 Å². The highest BCUT2D eigenvalue weighted by molar-refractivity contribution is 6.10. The van der Waals surface area contributed by atoms with E-state index in [1.54, 1.807) is 30.1 Å². The Morgan fingerprint density at radius 2 is 1.83 bits per heavy atom. The van der Waals surface area contributed by atoms with E-state index in [2.05, 4.69) is 0 Å². The standard InChI is InChI=1S/C21H21F3N2O3/c1-25-9-10-26(17-8-3-13(11-18(17)25)21(22,23)24)20(27)16-7-6-15(12-19(16)28-2)29-14-4-5-14/h3,6-8,11-12,14H,4-5,9-10H2,1-2H3. The number of halogens is 3. The number of anilines is 2. The first-order valence-electron chi connectivity index (χ1n) is 9.37. The predicted molar refractivity (Wildman–Crippen MR) is 103 cm³/mol. The lowest BCUT2D eigenvalue weighted by Crippen LogP contribution is -2.43. The maximum absolute atomic E-state index is 13.2. The van der Waals surface area contributed by atoms with Crippen LogP contribution in [0.25, 0.3) is 0 Å². The van der Waals surface area contributed by atoms with Crippen molar-refractivity contribution in [3.63, 3.8) is 0 Å². The molecule has 1 fully saturated rings. The number of alkyl halides is 3. The number of methoxy groups -OCH3 is 1. The molecule has 2 aromatic carbocycles. The molecule has 2 aliphatic rings. The molecule has 1 amide bonds. The van der Waals surface area contributed by atoms with E-state index in [1.807, 2.05) is 0 Å². The number of amides is 1. The summed E-state index contributed by atoms with van der Waals surface area (Å²) in [5.41, 5.74) is 0.409. The van der Waals surface area contributed by atoms with Gasteiger partial charge in [0.15, 0.2) is 0 Å². The highest BCUT2D eigenvalue weighted by Gasteiger charge is 2.34. The molecule has 0 N–H and O–H groups in total. The first kappa shape index (κ1) is 19.4. The Morgan fingerprint density at radius 1 is 1.07 bits per heavy atom. The Kier molecular flexibility index (Phi) is 4.80. The zero-order chi connectivity index (χ0) is 20.8. The van der Waals surface area contributed by atoms with Gasteiger partial charge in [0, 0.05) is 26.2 Å². The molecule has 1 saturated carbocycles. The average Bonchev–Trinajstić information content (AvgIpc) is 3.51. The van der Waals surface area contributed by atoms with E-state index in [4.69, 9.17) is 9.47 Å². The minimum Gasteiger partial charge on any atom is -0.496 e. The number of hydrogen-bond donors (Lipinski definition) is 0. The minimum atomic E-state index is -4.44. The third kappa shape index (κ3) is 3.83. The fourth-order valence-corrected chi connectivity index (χ4v) is 3.38. The van der Waals surface area contributed by atoms with Gasteiger partial charge in [0.25, 0.3) is 5.91 Å². The number of fused-ring (bicyclic) bond motifs is 1. The summed E-state index contributed by atoms with van der Waals surface area (Å²) in [6, 6.07) is 8.47. The Balaban J connectivity index is 1.67. The van der Waals surface area contributed by atoms with Gasteiger partial charge in [0.1, 0.15) is 11.5 Å². The molecule has 0 saturated heterocycles. The van der Waals surface area contributed by atoms with Crippen molar-refractivity contribution >= 4 is 17.3 Å². The van der Waals surface area contributed by atoms with Crippen molar-refractivity contribution in [1.82, 2.24) is 0 Å². The van der Waals surface area contributed by atoms with Gasteiger partial charge in [0.05, 0.1) is 35.7 Å². The maximum atomic E-state index is 13.2. The third-order valence-electron chi connectivity index (χ3n) is 5.14. The molecule has 1 aliphatic heterocycles. The lowest BCUT2D eigenvalue weighted by Gasteiger charge is -2.36. The van der Waals surface area contributed by atoms with Gasteiger partial charge < -0.3 is 19.3 Å². The molecule has 0 spiro atoms. The summed E-state index contributed by atoms with van der Waals surface area (Å²) in [5, 5.41) is 0. The second kappa shape index (κ2) is 7.17. The smallest absolute Gasteiger partial charge is 0.416 e.